The molecule has 88 valence electrons. The van der Waals surface area contributed by atoms with Crippen LogP contribution in [-0.2, 0) is 9.84 Å². The monoisotopic (exact) mass is 233 g/mol. The normalized spacial score (nSPS) is 37.7. The van der Waals surface area contributed by atoms with E-state index in [1.165, 1.54) is 0 Å². The van der Waals surface area contributed by atoms with Gasteiger partial charge in [0.05, 0.1) is 17.6 Å². The van der Waals surface area contributed by atoms with Gasteiger partial charge in [0, 0.05) is 12.6 Å². The van der Waals surface area contributed by atoms with Crippen molar-refractivity contribution in [2.75, 3.05) is 24.6 Å². The highest BCUT2D eigenvalue weighted by atomic mass is 32.2. The molecule has 2 unspecified atom stereocenters. The molecule has 1 aliphatic carbocycles. The molecule has 2 atom stereocenters. The first-order valence-corrected chi connectivity index (χ1v) is 7.53. The van der Waals surface area contributed by atoms with Crippen LogP contribution in [0.25, 0.3) is 0 Å². The Kier molecular flexibility index (Phi) is 3.33. The molecule has 5 heteroatoms. The molecular weight excluding hydrogens is 214 g/mol. The summed E-state index contributed by atoms with van der Waals surface area (Å²) in [7, 11) is -2.82. The highest BCUT2D eigenvalue weighted by molar-refractivity contribution is 7.91. The van der Waals surface area contributed by atoms with Crippen molar-refractivity contribution in [2.45, 2.75) is 37.8 Å². The molecule has 0 bridgehead atoms. The van der Waals surface area contributed by atoms with Crippen molar-refractivity contribution in [2.24, 2.45) is 0 Å². The van der Waals surface area contributed by atoms with Crippen LogP contribution in [0.15, 0.2) is 0 Å². The van der Waals surface area contributed by atoms with Crippen molar-refractivity contribution in [1.29, 1.82) is 0 Å². The average molecular weight is 233 g/mol. The molecule has 1 N–H and O–H groups in total. The van der Waals surface area contributed by atoms with E-state index in [2.05, 4.69) is 4.90 Å². The number of aliphatic hydroxyl groups is 1. The molecule has 0 radical (unpaired) electrons. The number of rotatable bonds is 1. The summed E-state index contributed by atoms with van der Waals surface area (Å²) in [6.45, 7) is 1.42. The molecule has 2 fully saturated rings. The van der Waals surface area contributed by atoms with E-state index in [1.54, 1.807) is 0 Å². The Labute approximate surface area is 91.2 Å². The molecule has 1 saturated heterocycles. The van der Waals surface area contributed by atoms with Crippen LogP contribution in [0.2, 0.25) is 0 Å². The van der Waals surface area contributed by atoms with Crippen LogP contribution < -0.4 is 0 Å². The van der Waals surface area contributed by atoms with E-state index >= 15 is 0 Å². The summed E-state index contributed by atoms with van der Waals surface area (Å²) >= 11 is 0. The van der Waals surface area contributed by atoms with Crippen molar-refractivity contribution >= 4 is 9.84 Å². The van der Waals surface area contributed by atoms with Gasteiger partial charge in [0.15, 0.2) is 9.84 Å². The van der Waals surface area contributed by atoms with Crippen molar-refractivity contribution in [3.8, 4) is 0 Å². The van der Waals surface area contributed by atoms with E-state index < -0.39 is 9.84 Å². The number of sulfone groups is 1. The van der Waals surface area contributed by atoms with Gasteiger partial charge in [-0.05, 0) is 32.2 Å². The van der Waals surface area contributed by atoms with E-state index in [0.29, 0.717) is 18.7 Å². The van der Waals surface area contributed by atoms with Crippen LogP contribution >= 0.6 is 0 Å². The molecule has 1 saturated carbocycles. The fraction of sp³-hybridized carbons (Fsp3) is 1.00. The van der Waals surface area contributed by atoms with E-state index in [4.69, 9.17) is 0 Å². The van der Waals surface area contributed by atoms with Crippen molar-refractivity contribution in [3.63, 3.8) is 0 Å². The summed E-state index contributed by atoms with van der Waals surface area (Å²) in [5.41, 5.74) is 0. The van der Waals surface area contributed by atoms with E-state index in [9.17, 15) is 13.5 Å². The summed E-state index contributed by atoms with van der Waals surface area (Å²) in [5, 5.41) is 9.77. The second kappa shape index (κ2) is 4.39. The van der Waals surface area contributed by atoms with Crippen LogP contribution in [0.1, 0.15) is 25.7 Å². The summed E-state index contributed by atoms with van der Waals surface area (Å²) < 4.78 is 22.8. The van der Waals surface area contributed by atoms with Crippen LogP contribution in [0.5, 0.6) is 0 Å². The second-order valence-electron chi connectivity index (χ2n) is 4.61. The third-order valence-corrected chi connectivity index (χ3v) is 5.22. The predicted octanol–water partition coefficient (Wildman–Crippen LogP) is 0.0203. The van der Waals surface area contributed by atoms with E-state index in [0.717, 1.165) is 25.8 Å². The number of nitrogens with zero attached hydrogens (tertiary/aromatic N) is 1. The Bertz CT molecular complexity index is 315. The SMILES string of the molecule is O=S1(=O)CCCN(C2CCCC2O)CC1. The zero-order valence-electron chi connectivity index (χ0n) is 8.93. The molecule has 2 rings (SSSR count). The maximum Gasteiger partial charge on any atom is 0.151 e. The Hall–Kier alpha value is -0.130. The van der Waals surface area contributed by atoms with Crippen LogP contribution in [0, 0.1) is 0 Å². The maximum absolute atomic E-state index is 11.4. The van der Waals surface area contributed by atoms with Crippen LogP contribution in [0.4, 0.5) is 0 Å². The van der Waals surface area contributed by atoms with Crippen molar-refractivity contribution in [1.82, 2.24) is 4.90 Å². The Morgan fingerprint density at radius 3 is 2.53 bits per heavy atom. The molecule has 0 amide bonds. The lowest BCUT2D eigenvalue weighted by Gasteiger charge is -2.29. The first-order valence-electron chi connectivity index (χ1n) is 5.71. The van der Waals surface area contributed by atoms with Gasteiger partial charge in [0.1, 0.15) is 0 Å². The van der Waals surface area contributed by atoms with Gasteiger partial charge in [-0.25, -0.2) is 8.42 Å². The Morgan fingerprint density at radius 2 is 1.87 bits per heavy atom. The molecule has 0 aromatic heterocycles. The van der Waals surface area contributed by atoms with Gasteiger partial charge in [-0.1, -0.05) is 0 Å². The molecular formula is C10H19NO3S. The summed E-state index contributed by atoms with van der Waals surface area (Å²) in [6, 6.07) is 0.207. The smallest absolute Gasteiger partial charge is 0.151 e. The molecule has 0 aromatic rings. The quantitative estimate of drug-likeness (QED) is 0.694. The number of hydrogen-bond donors (Lipinski definition) is 1. The highest BCUT2D eigenvalue weighted by Crippen LogP contribution is 2.25. The first-order chi connectivity index (χ1) is 7.08. The summed E-state index contributed by atoms with van der Waals surface area (Å²) in [5.74, 6) is 0.572. The second-order valence-corrected chi connectivity index (χ2v) is 6.91. The van der Waals surface area contributed by atoms with E-state index in [1.807, 2.05) is 0 Å². The molecule has 4 nitrogen and oxygen atoms in total. The molecule has 15 heavy (non-hydrogen) atoms. The topological polar surface area (TPSA) is 57.6 Å². The van der Waals surface area contributed by atoms with Gasteiger partial charge in [0.2, 0.25) is 0 Å². The first kappa shape index (κ1) is 11.4. The summed E-state index contributed by atoms with van der Waals surface area (Å²) in [6.07, 6.45) is 3.42. The molecule has 1 aliphatic heterocycles. The lowest BCUT2D eigenvalue weighted by Crippen LogP contribution is -2.41. The molecule has 1 heterocycles. The third-order valence-electron chi connectivity index (χ3n) is 3.50. The molecule has 2 aliphatic rings. The predicted molar refractivity (Wildman–Crippen MR) is 58.5 cm³/mol. The Morgan fingerprint density at radius 1 is 1.07 bits per heavy atom. The summed E-state index contributed by atoms with van der Waals surface area (Å²) in [4.78, 5) is 2.17. The number of hydrogen-bond acceptors (Lipinski definition) is 4. The highest BCUT2D eigenvalue weighted by Gasteiger charge is 2.32. The lowest BCUT2D eigenvalue weighted by molar-refractivity contribution is 0.0754. The van der Waals surface area contributed by atoms with Crippen molar-refractivity contribution < 1.29 is 13.5 Å². The standard InChI is InChI=1S/C10H19NO3S/c12-10-4-1-3-9(10)11-5-2-7-15(13,14)8-6-11/h9-10,12H,1-8H2. The molecule has 0 spiro atoms. The maximum atomic E-state index is 11.4. The van der Waals surface area contributed by atoms with Crippen LogP contribution in [0.3, 0.4) is 0 Å². The largest absolute Gasteiger partial charge is 0.391 e. The number of aliphatic hydroxyl groups excluding tert-OH is 1. The fourth-order valence-electron chi connectivity index (χ4n) is 2.64. The zero-order chi connectivity index (χ0) is 10.9. The molecule has 0 aromatic carbocycles. The minimum Gasteiger partial charge on any atom is -0.391 e. The van der Waals surface area contributed by atoms with E-state index in [-0.39, 0.29) is 17.9 Å². The van der Waals surface area contributed by atoms with Gasteiger partial charge in [-0.15, -0.1) is 0 Å². The zero-order valence-corrected chi connectivity index (χ0v) is 9.75. The van der Waals surface area contributed by atoms with Gasteiger partial charge in [0.25, 0.3) is 0 Å². The Balaban J connectivity index is 1.99. The minimum absolute atomic E-state index is 0.207. The van der Waals surface area contributed by atoms with Crippen LogP contribution in [-0.4, -0.2) is 55.2 Å². The van der Waals surface area contributed by atoms with Gasteiger partial charge >= 0.3 is 0 Å². The lowest BCUT2D eigenvalue weighted by atomic mass is 10.1. The average Bonchev–Trinajstić information content (AvgIpc) is 2.49. The van der Waals surface area contributed by atoms with Gasteiger partial charge in [-0.3, -0.25) is 4.90 Å². The minimum atomic E-state index is -2.82. The third kappa shape index (κ3) is 2.71. The fourth-order valence-corrected chi connectivity index (χ4v) is 3.92. The van der Waals surface area contributed by atoms with Gasteiger partial charge in [-0.2, -0.15) is 0 Å². The van der Waals surface area contributed by atoms with Gasteiger partial charge < -0.3 is 5.11 Å². The van der Waals surface area contributed by atoms with Crippen molar-refractivity contribution in [3.05, 3.63) is 0 Å².